The topological polar surface area (TPSA) is 63.8 Å². The van der Waals surface area contributed by atoms with Crippen LogP contribution in [0.15, 0.2) is 34.6 Å². The molecule has 4 nitrogen and oxygen atoms in total. The van der Waals surface area contributed by atoms with Gasteiger partial charge in [-0.3, -0.25) is 5.84 Å². The van der Waals surface area contributed by atoms with Gasteiger partial charge in [0.2, 0.25) is 0 Å². The van der Waals surface area contributed by atoms with Gasteiger partial charge >= 0.3 is 0 Å². The summed E-state index contributed by atoms with van der Waals surface area (Å²) in [6.45, 7) is 0. The Morgan fingerprint density at radius 3 is 2.67 bits per heavy atom. The normalized spacial score (nSPS) is 12.7. The molecule has 0 fully saturated rings. The number of hydrazine groups is 1. The summed E-state index contributed by atoms with van der Waals surface area (Å²) in [4.78, 5) is 9.07. The number of aromatic nitrogens is 2. The van der Waals surface area contributed by atoms with E-state index in [1.165, 1.54) is 6.33 Å². The van der Waals surface area contributed by atoms with Gasteiger partial charge in [-0.05, 0) is 27.4 Å². The lowest BCUT2D eigenvalue weighted by Crippen LogP contribution is -2.28. The van der Waals surface area contributed by atoms with Gasteiger partial charge < -0.3 is 0 Å². The standard InChI is InChI=1S/C9H9BrN4S/c10-7-1-2-15-9(7)8(14-11)6-3-12-5-13-4-6/h1-5,8,14H,11H2. The third-order valence-electron chi connectivity index (χ3n) is 1.99. The van der Waals surface area contributed by atoms with E-state index in [9.17, 15) is 0 Å². The van der Waals surface area contributed by atoms with Crippen LogP contribution in [0.4, 0.5) is 0 Å². The minimum Gasteiger partial charge on any atom is -0.271 e. The Bertz CT molecular complexity index is 431. The molecular formula is C9H9BrN4S. The van der Waals surface area contributed by atoms with E-state index in [1.54, 1.807) is 23.7 Å². The average molecular weight is 285 g/mol. The largest absolute Gasteiger partial charge is 0.271 e. The molecule has 78 valence electrons. The van der Waals surface area contributed by atoms with Gasteiger partial charge in [-0.1, -0.05) is 0 Å². The summed E-state index contributed by atoms with van der Waals surface area (Å²) >= 11 is 5.11. The number of nitrogens with two attached hydrogens (primary N) is 1. The van der Waals surface area contributed by atoms with Crippen molar-refractivity contribution >= 4 is 27.3 Å². The van der Waals surface area contributed by atoms with Crippen LogP contribution < -0.4 is 11.3 Å². The second kappa shape index (κ2) is 4.80. The average Bonchev–Trinajstić information content (AvgIpc) is 2.68. The summed E-state index contributed by atoms with van der Waals surface area (Å²) in [6, 6.07) is 1.93. The van der Waals surface area contributed by atoms with Crippen molar-refractivity contribution in [1.82, 2.24) is 15.4 Å². The van der Waals surface area contributed by atoms with E-state index >= 15 is 0 Å². The zero-order valence-electron chi connectivity index (χ0n) is 7.72. The van der Waals surface area contributed by atoms with E-state index in [2.05, 4.69) is 31.3 Å². The fraction of sp³-hybridized carbons (Fsp3) is 0.111. The molecule has 0 radical (unpaired) electrons. The highest BCUT2D eigenvalue weighted by Gasteiger charge is 2.16. The zero-order chi connectivity index (χ0) is 10.7. The third kappa shape index (κ3) is 2.23. The Morgan fingerprint density at radius 1 is 1.40 bits per heavy atom. The van der Waals surface area contributed by atoms with Gasteiger partial charge in [0.15, 0.2) is 0 Å². The fourth-order valence-electron chi connectivity index (χ4n) is 1.29. The first kappa shape index (κ1) is 10.7. The molecule has 2 aromatic heterocycles. The van der Waals surface area contributed by atoms with Crippen LogP contribution in [0.5, 0.6) is 0 Å². The van der Waals surface area contributed by atoms with E-state index in [-0.39, 0.29) is 6.04 Å². The van der Waals surface area contributed by atoms with Crippen molar-refractivity contribution in [3.05, 3.63) is 45.1 Å². The molecule has 0 saturated heterocycles. The fourth-order valence-corrected chi connectivity index (χ4v) is 2.98. The van der Waals surface area contributed by atoms with Crippen molar-refractivity contribution in [3.63, 3.8) is 0 Å². The van der Waals surface area contributed by atoms with Gasteiger partial charge in [-0.25, -0.2) is 15.4 Å². The predicted octanol–water partition coefficient (Wildman–Crippen LogP) is 1.85. The number of nitrogens with zero attached hydrogens (tertiary/aromatic N) is 2. The number of hydrogen-bond donors (Lipinski definition) is 2. The highest BCUT2D eigenvalue weighted by Crippen LogP contribution is 2.31. The monoisotopic (exact) mass is 284 g/mol. The summed E-state index contributed by atoms with van der Waals surface area (Å²) in [5, 5.41) is 2.01. The van der Waals surface area contributed by atoms with Crippen molar-refractivity contribution in [2.24, 2.45) is 5.84 Å². The quantitative estimate of drug-likeness (QED) is 0.667. The molecule has 1 unspecified atom stereocenters. The Morgan fingerprint density at radius 2 is 2.13 bits per heavy atom. The molecule has 0 aliphatic carbocycles. The van der Waals surface area contributed by atoms with E-state index in [0.717, 1.165) is 14.9 Å². The van der Waals surface area contributed by atoms with Crippen molar-refractivity contribution in [1.29, 1.82) is 0 Å². The van der Waals surface area contributed by atoms with Crippen molar-refractivity contribution in [2.75, 3.05) is 0 Å². The second-order valence-corrected chi connectivity index (χ2v) is 4.71. The van der Waals surface area contributed by atoms with Gasteiger partial charge in [-0.2, -0.15) is 0 Å². The first-order valence-electron chi connectivity index (χ1n) is 4.27. The van der Waals surface area contributed by atoms with Crippen LogP contribution >= 0.6 is 27.3 Å². The zero-order valence-corrected chi connectivity index (χ0v) is 10.1. The van der Waals surface area contributed by atoms with Gasteiger partial charge in [0.05, 0.1) is 6.04 Å². The lowest BCUT2D eigenvalue weighted by Gasteiger charge is -2.14. The van der Waals surface area contributed by atoms with Crippen molar-refractivity contribution < 1.29 is 0 Å². The summed E-state index contributed by atoms with van der Waals surface area (Å²) in [5.74, 6) is 5.55. The molecular weight excluding hydrogens is 276 g/mol. The number of nitrogens with one attached hydrogen (secondary N) is 1. The van der Waals surface area contributed by atoms with E-state index in [0.29, 0.717) is 0 Å². The van der Waals surface area contributed by atoms with Crippen LogP contribution in [-0.4, -0.2) is 9.97 Å². The second-order valence-electron chi connectivity index (χ2n) is 2.90. The molecule has 2 heterocycles. The smallest absolute Gasteiger partial charge is 0.115 e. The lowest BCUT2D eigenvalue weighted by atomic mass is 10.1. The number of halogens is 1. The van der Waals surface area contributed by atoms with E-state index in [4.69, 9.17) is 5.84 Å². The van der Waals surface area contributed by atoms with Crippen LogP contribution in [0.25, 0.3) is 0 Å². The number of rotatable bonds is 3. The van der Waals surface area contributed by atoms with Gasteiger partial charge in [0, 0.05) is 27.3 Å². The predicted molar refractivity (Wildman–Crippen MR) is 63.2 cm³/mol. The summed E-state index contributed by atoms with van der Waals surface area (Å²) in [5.41, 5.74) is 3.71. The molecule has 6 heteroatoms. The van der Waals surface area contributed by atoms with Crippen LogP contribution in [0.2, 0.25) is 0 Å². The van der Waals surface area contributed by atoms with Crippen LogP contribution in [0.1, 0.15) is 16.5 Å². The van der Waals surface area contributed by atoms with E-state index < -0.39 is 0 Å². The molecule has 2 rings (SSSR count). The highest BCUT2D eigenvalue weighted by atomic mass is 79.9. The highest BCUT2D eigenvalue weighted by molar-refractivity contribution is 9.10. The van der Waals surface area contributed by atoms with Crippen molar-refractivity contribution in [3.8, 4) is 0 Å². The maximum Gasteiger partial charge on any atom is 0.115 e. The van der Waals surface area contributed by atoms with Gasteiger partial charge in [0.25, 0.3) is 0 Å². The van der Waals surface area contributed by atoms with Crippen LogP contribution in [0.3, 0.4) is 0 Å². The Labute approximate surface area is 99.7 Å². The van der Waals surface area contributed by atoms with Gasteiger partial charge in [-0.15, -0.1) is 11.3 Å². The molecule has 0 spiro atoms. The molecule has 3 N–H and O–H groups in total. The first-order chi connectivity index (χ1) is 7.33. The third-order valence-corrected chi connectivity index (χ3v) is 3.92. The minimum atomic E-state index is -0.0689. The number of thiophene rings is 1. The maximum atomic E-state index is 5.55. The van der Waals surface area contributed by atoms with Crippen LogP contribution in [-0.2, 0) is 0 Å². The molecule has 2 aromatic rings. The van der Waals surface area contributed by atoms with Gasteiger partial charge in [0.1, 0.15) is 6.33 Å². The van der Waals surface area contributed by atoms with Crippen molar-refractivity contribution in [2.45, 2.75) is 6.04 Å². The lowest BCUT2D eigenvalue weighted by molar-refractivity contribution is 0.639. The maximum absolute atomic E-state index is 5.55. The number of hydrogen-bond acceptors (Lipinski definition) is 5. The molecule has 0 bridgehead atoms. The molecule has 0 aromatic carbocycles. The van der Waals surface area contributed by atoms with E-state index in [1.807, 2.05) is 11.4 Å². The Hall–Kier alpha value is -0.820. The minimum absolute atomic E-state index is 0.0689. The summed E-state index contributed by atoms with van der Waals surface area (Å²) in [6.07, 6.45) is 5.01. The Kier molecular flexibility index (Phi) is 3.42. The molecule has 0 aliphatic heterocycles. The summed E-state index contributed by atoms with van der Waals surface area (Å²) in [7, 11) is 0. The first-order valence-corrected chi connectivity index (χ1v) is 5.94. The molecule has 0 aliphatic rings. The molecule has 1 atom stereocenters. The molecule has 0 amide bonds. The Balaban J connectivity index is 2.37. The SMILES string of the molecule is NNC(c1cncnc1)c1sccc1Br. The molecule has 15 heavy (non-hydrogen) atoms. The summed E-state index contributed by atoms with van der Waals surface area (Å²) < 4.78 is 1.04. The van der Waals surface area contributed by atoms with Crippen LogP contribution in [0, 0.1) is 0 Å². The molecule has 0 saturated carbocycles.